The number of hydrogen-bond acceptors (Lipinski definition) is 5. The molecule has 1 aromatic carbocycles. The third kappa shape index (κ3) is 5.19. The van der Waals surface area contributed by atoms with Crippen LogP contribution in [0.3, 0.4) is 0 Å². The lowest BCUT2D eigenvalue weighted by atomic mass is 10.1. The first kappa shape index (κ1) is 20.4. The van der Waals surface area contributed by atoms with E-state index in [1.807, 2.05) is 63.2 Å². The molecule has 31 heavy (non-hydrogen) atoms. The summed E-state index contributed by atoms with van der Waals surface area (Å²) in [7, 11) is 0. The highest BCUT2D eigenvalue weighted by molar-refractivity contribution is 5.92. The summed E-state index contributed by atoms with van der Waals surface area (Å²) in [6.07, 6.45) is 2.26. The maximum absolute atomic E-state index is 12.4. The normalized spacial score (nSPS) is 10.8. The Morgan fingerprint density at radius 2 is 1.77 bits per heavy atom. The molecule has 0 bridgehead atoms. The summed E-state index contributed by atoms with van der Waals surface area (Å²) in [5.41, 5.74) is 7.05. The van der Waals surface area contributed by atoms with Crippen molar-refractivity contribution in [3.05, 3.63) is 94.3 Å². The quantitative estimate of drug-likeness (QED) is 0.503. The van der Waals surface area contributed by atoms with Crippen molar-refractivity contribution in [3.8, 4) is 11.4 Å². The van der Waals surface area contributed by atoms with Crippen molar-refractivity contribution < 1.29 is 4.79 Å². The molecule has 0 aliphatic heterocycles. The van der Waals surface area contributed by atoms with Gasteiger partial charge in [-0.2, -0.15) is 5.10 Å². The molecule has 0 atom stereocenters. The van der Waals surface area contributed by atoms with Crippen LogP contribution in [0.1, 0.15) is 44.4 Å². The molecular weight excluding hydrogens is 388 g/mol. The average Bonchev–Trinajstić information content (AvgIpc) is 3.17. The van der Waals surface area contributed by atoms with Crippen molar-refractivity contribution in [1.29, 1.82) is 0 Å². The molecule has 0 saturated heterocycles. The minimum atomic E-state index is -0.216. The molecule has 4 aromatic rings. The van der Waals surface area contributed by atoms with Gasteiger partial charge in [0.2, 0.25) is 0 Å². The number of aromatic amines is 1. The van der Waals surface area contributed by atoms with E-state index in [-0.39, 0.29) is 5.91 Å². The Bertz CT molecular complexity index is 1200. The first-order chi connectivity index (χ1) is 15.0. The van der Waals surface area contributed by atoms with Gasteiger partial charge in [0.1, 0.15) is 5.69 Å². The highest BCUT2D eigenvalue weighted by atomic mass is 16.1. The minimum Gasteiger partial charge on any atom is -0.347 e. The zero-order valence-electron chi connectivity index (χ0n) is 17.8. The number of benzene rings is 1. The molecule has 0 aliphatic rings. The third-order valence-corrected chi connectivity index (χ3v) is 4.86. The van der Waals surface area contributed by atoms with Gasteiger partial charge in [0.05, 0.1) is 11.4 Å². The largest absolute Gasteiger partial charge is 0.347 e. The summed E-state index contributed by atoms with van der Waals surface area (Å²) in [5.74, 6) is 0.369. The Labute approximate surface area is 181 Å². The number of carbonyl (C=O) groups is 1. The molecule has 3 heterocycles. The molecule has 0 fully saturated rings. The fourth-order valence-electron chi connectivity index (χ4n) is 3.24. The van der Waals surface area contributed by atoms with Gasteiger partial charge in [-0.15, -0.1) is 0 Å². The molecule has 156 valence electrons. The summed E-state index contributed by atoms with van der Waals surface area (Å²) >= 11 is 0. The van der Waals surface area contributed by atoms with E-state index in [0.29, 0.717) is 24.5 Å². The van der Waals surface area contributed by atoms with Gasteiger partial charge in [-0.05, 0) is 50.6 Å². The lowest BCUT2D eigenvalue weighted by Gasteiger charge is -2.07. The van der Waals surface area contributed by atoms with Gasteiger partial charge in [0.15, 0.2) is 5.82 Å². The van der Waals surface area contributed by atoms with Crippen LogP contribution in [0.25, 0.3) is 11.4 Å². The summed E-state index contributed by atoms with van der Waals surface area (Å²) in [6, 6.07) is 15.5. The Hall–Kier alpha value is -3.87. The molecule has 0 unspecified atom stereocenters. The maximum Gasteiger partial charge on any atom is 0.270 e. The van der Waals surface area contributed by atoms with Crippen LogP contribution in [0.4, 0.5) is 0 Å². The fraction of sp³-hybridized carbons (Fsp3) is 0.208. The summed E-state index contributed by atoms with van der Waals surface area (Å²) < 4.78 is 0. The van der Waals surface area contributed by atoms with Gasteiger partial charge in [-0.1, -0.05) is 29.8 Å². The van der Waals surface area contributed by atoms with Crippen molar-refractivity contribution in [2.24, 2.45) is 0 Å². The molecule has 3 aromatic heterocycles. The Kier molecular flexibility index (Phi) is 5.84. The number of amides is 1. The van der Waals surface area contributed by atoms with Crippen molar-refractivity contribution in [1.82, 2.24) is 30.5 Å². The van der Waals surface area contributed by atoms with Crippen molar-refractivity contribution in [3.63, 3.8) is 0 Å². The SMILES string of the molecule is Cc1ccc(CNC(=O)c2ccc(-c3nc(C)cc(Cc4cc(C)[nH]n4)n3)cn2)cc1. The second-order valence-corrected chi connectivity index (χ2v) is 7.64. The standard InChI is InChI=1S/C24H24N6O/c1-15-4-6-18(7-5-15)13-26-24(31)22-9-8-19(14-25-22)23-27-16(2)10-20(28-23)12-21-11-17(3)29-30-21/h4-11,14H,12-13H2,1-3H3,(H,26,31)(H,29,30). The predicted molar refractivity (Wildman–Crippen MR) is 118 cm³/mol. The van der Waals surface area contributed by atoms with Crippen LogP contribution in [-0.4, -0.2) is 31.1 Å². The number of nitrogens with one attached hydrogen (secondary N) is 2. The van der Waals surface area contributed by atoms with Gasteiger partial charge < -0.3 is 5.32 Å². The second-order valence-electron chi connectivity index (χ2n) is 7.64. The molecule has 0 aliphatic carbocycles. The number of aryl methyl sites for hydroxylation is 3. The number of hydrogen-bond donors (Lipinski definition) is 2. The average molecular weight is 412 g/mol. The predicted octanol–water partition coefficient (Wildman–Crippen LogP) is 3.71. The zero-order valence-corrected chi connectivity index (χ0v) is 17.8. The van der Waals surface area contributed by atoms with Crippen molar-refractivity contribution in [2.45, 2.75) is 33.7 Å². The Balaban J connectivity index is 1.45. The van der Waals surface area contributed by atoms with Gasteiger partial charge in [0, 0.05) is 36.1 Å². The topological polar surface area (TPSA) is 96.5 Å². The number of nitrogens with zero attached hydrogens (tertiary/aromatic N) is 4. The van der Waals surface area contributed by atoms with Gasteiger partial charge in [-0.3, -0.25) is 14.9 Å². The first-order valence-corrected chi connectivity index (χ1v) is 10.1. The van der Waals surface area contributed by atoms with Crippen LogP contribution < -0.4 is 5.32 Å². The summed E-state index contributed by atoms with van der Waals surface area (Å²) in [6.45, 7) is 6.40. The number of rotatable bonds is 6. The van der Waals surface area contributed by atoms with Crippen LogP contribution in [0, 0.1) is 20.8 Å². The summed E-state index contributed by atoms with van der Waals surface area (Å²) in [5, 5.41) is 10.1. The molecular formula is C24H24N6O. The van der Waals surface area contributed by atoms with Crippen LogP contribution in [0.5, 0.6) is 0 Å². The smallest absolute Gasteiger partial charge is 0.270 e. The van der Waals surface area contributed by atoms with E-state index in [9.17, 15) is 4.79 Å². The van der Waals surface area contributed by atoms with Crippen LogP contribution in [0.2, 0.25) is 0 Å². The first-order valence-electron chi connectivity index (χ1n) is 10.1. The fourth-order valence-corrected chi connectivity index (χ4v) is 3.24. The Morgan fingerprint density at radius 3 is 2.45 bits per heavy atom. The number of carbonyl (C=O) groups excluding carboxylic acids is 1. The highest BCUT2D eigenvalue weighted by Gasteiger charge is 2.11. The summed E-state index contributed by atoms with van der Waals surface area (Å²) in [4.78, 5) is 25.9. The van der Waals surface area contributed by atoms with Crippen LogP contribution in [0.15, 0.2) is 54.7 Å². The van der Waals surface area contributed by atoms with E-state index in [0.717, 1.165) is 33.9 Å². The molecule has 0 saturated carbocycles. The van der Waals surface area contributed by atoms with Gasteiger partial charge in [0.25, 0.3) is 5.91 Å². The van der Waals surface area contributed by atoms with Crippen molar-refractivity contribution >= 4 is 5.91 Å². The van der Waals surface area contributed by atoms with Crippen LogP contribution in [-0.2, 0) is 13.0 Å². The lowest BCUT2D eigenvalue weighted by Crippen LogP contribution is -2.23. The Morgan fingerprint density at radius 1 is 0.968 bits per heavy atom. The second kappa shape index (κ2) is 8.87. The monoisotopic (exact) mass is 412 g/mol. The zero-order chi connectivity index (χ0) is 21.8. The third-order valence-electron chi connectivity index (χ3n) is 4.86. The molecule has 7 heteroatoms. The van der Waals surface area contributed by atoms with E-state index >= 15 is 0 Å². The molecule has 0 spiro atoms. The lowest BCUT2D eigenvalue weighted by molar-refractivity contribution is 0.0946. The molecule has 1 amide bonds. The molecule has 2 N–H and O–H groups in total. The highest BCUT2D eigenvalue weighted by Crippen LogP contribution is 2.17. The van der Waals surface area contributed by atoms with Crippen molar-refractivity contribution in [2.75, 3.05) is 0 Å². The van der Waals surface area contributed by atoms with Gasteiger partial charge >= 0.3 is 0 Å². The number of aromatic nitrogens is 5. The maximum atomic E-state index is 12.4. The van der Waals surface area contributed by atoms with E-state index in [4.69, 9.17) is 0 Å². The van der Waals surface area contributed by atoms with Crippen LogP contribution >= 0.6 is 0 Å². The van der Waals surface area contributed by atoms with E-state index < -0.39 is 0 Å². The molecule has 7 nitrogen and oxygen atoms in total. The minimum absolute atomic E-state index is 0.216. The molecule has 0 radical (unpaired) electrons. The molecule has 4 rings (SSSR count). The van der Waals surface area contributed by atoms with E-state index in [2.05, 4.69) is 30.5 Å². The number of H-pyrrole nitrogens is 1. The van der Waals surface area contributed by atoms with E-state index in [1.165, 1.54) is 5.56 Å². The van der Waals surface area contributed by atoms with E-state index in [1.54, 1.807) is 12.3 Å². The van der Waals surface area contributed by atoms with Gasteiger partial charge in [-0.25, -0.2) is 9.97 Å². The number of pyridine rings is 1.